The highest BCUT2D eigenvalue weighted by Crippen LogP contribution is 2.36. The van der Waals surface area contributed by atoms with E-state index in [2.05, 4.69) is 37.3 Å². The Morgan fingerprint density at radius 2 is 1.89 bits per heavy atom. The molecule has 1 atom stereocenters. The van der Waals surface area contributed by atoms with Crippen LogP contribution in [0.15, 0.2) is 42.5 Å². The molecule has 0 aromatic heterocycles. The van der Waals surface area contributed by atoms with Crippen molar-refractivity contribution in [2.75, 3.05) is 0 Å². The lowest BCUT2D eigenvalue weighted by molar-refractivity contribution is 0.176. The molecule has 1 heterocycles. The average Bonchev–Trinajstić information content (AvgIpc) is 2.38. The predicted octanol–water partition coefficient (Wildman–Crippen LogP) is 4.71. The number of hydrogen-bond acceptors (Lipinski definition) is 1. The zero-order valence-electron chi connectivity index (χ0n) is 10.3. The second-order valence-corrected chi connectivity index (χ2v) is 5.24. The van der Waals surface area contributed by atoms with E-state index < -0.39 is 0 Å². The van der Waals surface area contributed by atoms with Crippen LogP contribution >= 0.6 is 11.6 Å². The number of fused-ring (bicyclic) bond motifs is 1. The van der Waals surface area contributed by atoms with Crippen LogP contribution in [0, 0.1) is 6.92 Å². The van der Waals surface area contributed by atoms with Crippen LogP contribution in [0.25, 0.3) is 0 Å². The Hall–Kier alpha value is -1.47. The molecule has 0 spiro atoms. The molecular formula is C16H15ClO. The van der Waals surface area contributed by atoms with E-state index in [1.165, 1.54) is 16.7 Å². The quantitative estimate of drug-likeness (QED) is 0.720. The minimum absolute atomic E-state index is 0.150. The van der Waals surface area contributed by atoms with E-state index in [1.807, 2.05) is 12.1 Å². The third-order valence-corrected chi connectivity index (χ3v) is 3.66. The van der Waals surface area contributed by atoms with Crippen LogP contribution in [0.4, 0.5) is 0 Å². The number of hydrogen-bond donors (Lipinski definition) is 0. The van der Waals surface area contributed by atoms with Gasteiger partial charge >= 0.3 is 0 Å². The largest absolute Gasteiger partial charge is 0.485 e. The summed E-state index contributed by atoms with van der Waals surface area (Å²) in [4.78, 5) is 0. The van der Waals surface area contributed by atoms with E-state index in [1.54, 1.807) is 0 Å². The van der Waals surface area contributed by atoms with Gasteiger partial charge in [-0.3, -0.25) is 0 Å². The van der Waals surface area contributed by atoms with Gasteiger partial charge in [0.05, 0.1) is 0 Å². The molecule has 1 aliphatic heterocycles. The molecule has 92 valence electrons. The lowest BCUT2D eigenvalue weighted by atomic mass is 9.97. The van der Waals surface area contributed by atoms with Crippen molar-refractivity contribution >= 4 is 11.6 Å². The normalized spacial score (nSPS) is 18.0. The van der Waals surface area contributed by atoms with Crippen molar-refractivity contribution in [3.05, 3.63) is 64.2 Å². The third-order valence-electron chi connectivity index (χ3n) is 3.42. The van der Waals surface area contributed by atoms with Gasteiger partial charge in [-0.25, -0.2) is 0 Å². The van der Waals surface area contributed by atoms with Gasteiger partial charge in [-0.05, 0) is 43.0 Å². The summed E-state index contributed by atoms with van der Waals surface area (Å²) in [6.07, 6.45) is 2.22. The van der Waals surface area contributed by atoms with Crippen molar-refractivity contribution < 1.29 is 4.74 Å². The molecule has 1 unspecified atom stereocenters. The third kappa shape index (κ3) is 2.23. The zero-order chi connectivity index (χ0) is 12.5. The summed E-state index contributed by atoms with van der Waals surface area (Å²) < 4.78 is 6.05. The zero-order valence-corrected chi connectivity index (χ0v) is 11.1. The second kappa shape index (κ2) is 4.66. The van der Waals surface area contributed by atoms with Crippen LogP contribution in [0.1, 0.15) is 29.2 Å². The topological polar surface area (TPSA) is 9.23 Å². The summed E-state index contributed by atoms with van der Waals surface area (Å²) in [6, 6.07) is 14.5. The maximum absolute atomic E-state index is 6.05. The maximum Gasteiger partial charge on any atom is 0.124 e. The van der Waals surface area contributed by atoms with E-state index in [0.717, 1.165) is 23.6 Å². The molecule has 2 heteroatoms. The summed E-state index contributed by atoms with van der Waals surface area (Å²) in [5.74, 6) is 0.930. The van der Waals surface area contributed by atoms with Gasteiger partial charge in [-0.2, -0.15) is 0 Å². The molecule has 2 aromatic carbocycles. The van der Waals surface area contributed by atoms with Gasteiger partial charge in [-0.1, -0.05) is 47.5 Å². The molecule has 0 saturated heterocycles. The molecular weight excluding hydrogens is 244 g/mol. The van der Waals surface area contributed by atoms with Crippen LogP contribution in [0.2, 0.25) is 5.02 Å². The van der Waals surface area contributed by atoms with E-state index in [4.69, 9.17) is 16.3 Å². The highest BCUT2D eigenvalue weighted by molar-refractivity contribution is 6.30. The second-order valence-electron chi connectivity index (χ2n) is 4.81. The van der Waals surface area contributed by atoms with E-state index >= 15 is 0 Å². The summed E-state index contributed by atoms with van der Waals surface area (Å²) >= 11 is 6.01. The first kappa shape index (κ1) is 11.6. The van der Waals surface area contributed by atoms with Crippen LogP contribution < -0.4 is 4.74 Å². The Morgan fingerprint density at radius 3 is 2.67 bits per heavy atom. The molecule has 2 aromatic rings. The summed E-state index contributed by atoms with van der Waals surface area (Å²) in [5.41, 5.74) is 3.77. The standard InChI is InChI=1S/C16H15ClO/c1-11-2-4-12(5-3-11)15-9-7-13-6-8-14(17)10-16(13)18-15/h2-6,8,10,15H,7,9H2,1H3. The summed E-state index contributed by atoms with van der Waals surface area (Å²) in [6.45, 7) is 2.10. The Morgan fingerprint density at radius 1 is 1.11 bits per heavy atom. The molecule has 0 aliphatic carbocycles. The van der Waals surface area contributed by atoms with Gasteiger partial charge < -0.3 is 4.74 Å². The molecule has 3 rings (SSSR count). The fraction of sp³-hybridized carbons (Fsp3) is 0.250. The molecule has 0 radical (unpaired) electrons. The van der Waals surface area contributed by atoms with Crippen molar-refractivity contribution in [2.45, 2.75) is 25.9 Å². The minimum atomic E-state index is 0.150. The molecule has 0 amide bonds. The highest BCUT2D eigenvalue weighted by atomic mass is 35.5. The number of benzene rings is 2. The van der Waals surface area contributed by atoms with Crippen LogP contribution in [0.3, 0.4) is 0 Å². The van der Waals surface area contributed by atoms with Crippen molar-refractivity contribution in [3.63, 3.8) is 0 Å². The van der Waals surface area contributed by atoms with Gasteiger partial charge in [-0.15, -0.1) is 0 Å². The first-order valence-electron chi connectivity index (χ1n) is 6.24. The Labute approximate surface area is 112 Å². The van der Waals surface area contributed by atoms with Crippen LogP contribution in [-0.4, -0.2) is 0 Å². The molecule has 0 fully saturated rings. The molecule has 0 N–H and O–H groups in total. The lowest BCUT2D eigenvalue weighted by Gasteiger charge is -2.26. The SMILES string of the molecule is Cc1ccc(C2CCc3ccc(Cl)cc3O2)cc1. The average molecular weight is 259 g/mol. The fourth-order valence-corrected chi connectivity index (χ4v) is 2.52. The Balaban J connectivity index is 1.88. The van der Waals surface area contributed by atoms with Crippen LogP contribution in [-0.2, 0) is 6.42 Å². The van der Waals surface area contributed by atoms with Crippen LogP contribution in [0.5, 0.6) is 5.75 Å². The predicted molar refractivity (Wildman–Crippen MR) is 74.3 cm³/mol. The lowest BCUT2D eigenvalue weighted by Crippen LogP contribution is -2.15. The van der Waals surface area contributed by atoms with Crippen molar-refractivity contribution in [1.29, 1.82) is 0 Å². The van der Waals surface area contributed by atoms with E-state index in [0.29, 0.717) is 0 Å². The van der Waals surface area contributed by atoms with Crippen molar-refractivity contribution in [1.82, 2.24) is 0 Å². The minimum Gasteiger partial charge on any atom is -0.485 e. The molecule has 0 bridgehead atoms. The van der Waals surface area contributed by atoms with Gasteiger partial charge in [0.2, 0.25) is 0 Å². The maximum atomic E-state index is 6.05. The van der Waals surface area contributed by atoms with Gasteiger partial charge in [0, 0.05) is 5.02 Å². The smallest absolute Gasteiger partial charge is 0.124 e. The van der Waals surface area contributed by atoms with Gasteiger partial charge in [0.1, 0.15) is 11.9 Å². The van der Waals surface area contributed by atoms with Crippen molar-refractivity contribution in [3.8, 4) is 5.75 Å². The highest BCUT2D eigenvalue weighted by Gasteiger charge is 2.21. The van der Waals surface area contributed by atoms with E-state index in [-0.39, 0.29) is 6.10 Å². The number of rotatable bonds is 1. The van der Waals surface area contributed by atoms with Crippen molar-refractivity contribution in [2.24, 2.45) is 0 Å². The summed E-state index contributed by atoms with van der Waals surface area (Å²) in [5, 5.41) is 0.735. The fourth-order valence-electron chi connectivity index (χ4n) is 2.36. The molecule has 18 heavy (non-hydrogen) atoms. The summed E-state index contributed by atoms with van der Waals surface area (Å²) in [7, 11) is 0. The first-order chi connectivity index (χ1) is 8.72. The Bertz CT molecular complexity index is 560. The van der Waals surface area contributed by atoms with E-state index in [9.17, 15) is 0 Å². The number of aryl methyl sites for hydroxylation is 2. The molecule has 0 saturated carbocycles. The number of ether oxygens (including phenoxy) is 1. The Kier molecular flexibility index (Phi) is 3.00. The first-order valence-corrected chi connectivity index (χ1v) is 6.62. The number of halogens is 1. The van der Waals surface area contributed by atoms with Gasteiger partial charge in [0.25, 0.3) is 0 Å². The van der Waals surface area contributed by atoms with Gasteiger partial charge in [0.15, 0.2) is 0 Å². The molecule has 1 nitrogen and oxygen atoms in total. The monoisotopic (exact) mass is 258 g/mol. The molecule has 1 aliphatic rings.